The van der Waals surface area contributed by atoms with Gasteiger partial charge in [0.15, 0.2) is 0 Å². The minimum Gasteiger partial charge on any atom is -0.340 e. The molecular weight excluding hydrogens is 412 g/mol. The maximum absolute atomic E-state index is 2.48. The monoisotopic (exact) mass is 440 g/mol. The smallest absolute Gasteiger partial charge is 0.0571 e. The highest BCUT2D eigenvalue weighted by Crippen LogP contribution is 2.48. The Morgan fingerprint density at radius 3 is 1.18 bits per heavy atom. The van der Waals surface area contributed by atoms with Gasteiger partial charge in [0.1, 0.15) is 0 Å². The van der Waals surface area contributed by atoms with Gasteiger partial charge in [0, 0.05) is 46.0 Å². The fourth-order valence-electron chi connectivity index (χ4n) is 5.56. The number of hydrogen-bond donors (Lipinski definition) is 0. The maximum atomic E-state index is 2.48. The molecule has 0 spiro atoms. The van der Waals surface area contributed by atoms with Crippen LogP contribution in [0.4, 0.5) is 0 Å². The number of para-hydroxylation sites is 2. The lowest BCUT2D eigenvalue weighted by Gasteiger charge is -2.14. The Bertz CT molecular complexity index is 1480. The van der Waals surface area contributed by atoms with Crippen LogP contribution in [0.25, 0.3) is 55.4 Å². The summed E-state index contributed by atoms with van der Waals surface area (Å²) in [5, 5.41) is 2.61. The van der Waals surface area contributed by atoms with Crippen LogP contribution >= 0.6 is 0 Å². The van der Waals surface area contributed by atoms with E-state index in [4.69, 9.17) is 0 Å². The van der Waals surface area contributed by atoms with Gasteiger partial charge in [-0.3, -0.25) is 0 Å². The van der Waals surface area contributed by atoms with E-state index < -0.39 is 0 Å². The minimum absolute atomic E-state index is 0.915. The quantitative estimate of drug-likeness (QED) is 0.254. The average molecular weight is 441 g/mol. The van der Waals surface area contributed by atoms with E-state index in [0.717, 1.165) is 13.1 Å². The van der Waals surface area contributed by atoms with Gasteiger partial charge in [0.05, 0.1) is 11.4 Å². The lowest BCUT2D eigenvalue weighted by Crippen LogP contribution is -1.99. The Kier molecular flexibility index (Phi) is 5.07. The second-order valence-electron chi connectivity index (χ2n) is 8.70. The largest absolute Gasteiger partial charge is 0.340 e. The van der Waals surface area contributed by atoms with Gasteiger partial charge in [-0.05, 0) is 37.1 Å². The molecule has 6 aromatic rings. The van der Waals surface area contributed by atoms with E-state index in [0.29, 0.717) is 0 Å². The van der Waals surface area contributed by atoms with Crippen molar-refractivity contribution in [3.8, 4) is 33.6 Å². The molecule has 6 rings (SSSR count). The van der Waals surface area contributed by atoms with Crippen molar-refractivity contribution in [1.29, 1.82) is 0 Å². The maximum Gasteiger partial charge on any atom is 0.0571 e. The summed E-state index contributed by atoms with van der Waals surface area (Å²) in [5.41, 5.74) is 10.3. The molecule has 0 aliphatic heterocycles. The Balaban J connectivity index is 1.85. The second-order valence-corrected chi connectivity index (χ2v) is 8.70. The van der Waals surface area contributed by atoms with Crippen molar-refractivity contribution in [2.45, 2.75) is 26.9 Å². The molecule has 0 saturated carbocycles. The van der Waals surface area contributed by atoms with Gasteiger partial charge >= 0.3 is 0 Å². The summed E-state index contributed by atoms with van der Waals surface area (Å²) in [4.78, 5) is 0. The van der Waals surface area contributed by atoms with Crippen molar-refractivity contribution in [3.63, 3.8) is 0 Å². The number of hydrogen-bond acceptors (Lipinski definition) is 0. The second kappa shape index (κ2) is 8.39. The van der Waals surface area contributed by atoms with Crippen molar-refractivity contribution in [1.82, 2.24) is 9.13 Å². The van der Waals surface area contributed by atoms with Crippen molar-refractivity contribution >= 4 is 21.8 Å². The van der Waals surface area contributed by atoms with E-state index in [1.165, 1.54) is 55.4 Å². The number of aryl methyl sites for hydroxylation is 2. The van der Waals surface area contributed by atoms with E-state index in [2.05, 4.69) is 132 Å². The summed E-state index contributed by atoms with van der Waals surface area (Å²) < 4.78 is 4.96. The van der Waals surface area contributed by atoms with Crippen molar-refractivity contribution in [2.24, 2.45) is 0 Å². The summed E-state index contributed by atoms with van der Waals surface area (Å²) in [6.45, 7) is 6.32. The molecule has 0 radical (unpaired) electrons. The van der Waals surface area contributed by atoms with E-state index in [-0.39, 0.29) is 0 Å². The van der Waals surface area contributed by atoms with Gasteiger partial charge < -0.3 is 9.13 Å². The fourth-order valence-corrected chi connectivity index (χ4v) is 5.56. The molecule has 4 aromatic carbocycles. The molecule has 0 N–H and O–H groups in total. The van der Waals surface area contributed by atoms with Crippen LogP contribution in [0.2, 0.25) is 0 Å². The zero-order valence-electron chi connectivity index (χ0n) is 19.7. The standard InChI is InChI=1S/C32H28N2/c1-3-33-27-21-13-11-19-25(27)29(31(33)23-15-7-5-8-16-23)30-26-20-12-14-22-28(26)34(4-2)32(30)24-17-9-6-10-18-24/h5-22H,3-4H2,1-2H3. The first kappa shape index (κ1) is 20.6. The van der Waals surface area contributed by atoms with Gasteiger partial charge in [-0.25, -0.2) is 0 Å². The molecule has 0 amide bonds. The third-order valence-electron chi connectivity index (χ3n) is 6.92. The van der Waals surface area contributed by atoms with Gasteiger partial charge in [-0.1, -0.05) is 97.1 Å². The molecule has 166 valence electrons. The van der Waals surface area contributed by atoms with E-state index in [9.17, 15) is 0 Å². The van der Waals surface area contributed by atoms with Crippen LogP contribution < -0.4 is 0 Å². The van der Waals surface area contributed by atoms with Crippen LogP contribution in [0, 0.1) is 0 Å². The lowest BCUT2D eigenvalue weighted by molar-refractivity contribution is 0.803. The van der Waals surface area contributed by atoms with Gasteiger partial charge in [-0.15, -0.1) is 0 Å². The van der Waals surface area contributed by atoms with Crippen molar-refractivity contribution in [3.05, 3.63) is 109 Å². The molecular formula is C32H28N2. The molecule has 2 aromatic heterocycles. The van der Waals surface area contributed by atoms with Crippen molar-refractivity contribution < 1.29 is 0 Å². The molecule has 0 saturated heterocycles. The average Bonchev–Trinajstić information content (AvgIpc) is 3.41. The van der Waals surface area contributed by atoms with Crippen molar-refractivity contribution in [2.75, 3.05) is 0 Å². The van der Waals surface area contributed by atoms with Crippen LogP contribution in [0.15, 0.2) is 109 Å². The normalized spacial score (nSPS) is 11.5. The summed E-state index contributed by atoms with van der Waals surface area (Å²) in [6, 6.07) is 39.5. The third-order valence-corrected chi connectivity index (χ3v) is 6.92. The van der Waals surface area contributed by atoms with Gasteiger partial charge in [0.2, 0.25) is 0 Å². The number of aromatic nitrogens is 2. The molecule has 0 fully saturated rings. The molecule has 34 heavy (non-hydrogen) atoms. The predicted molar refractivity (Wildman–Crippen MR) is 145 cm³/mol. The van der Waals surface area contributed by atoms with Crippen LogP contribution in [0.1, 0.15) is 13.8 Å². The molecule has 2 nitrogen and oxygen atoms in total. The van der Waals surface area contributed by atoms with E-state index in [1.54, 1.807) is 0 Å². The number of benzene rings is 4. The van der Waals surface area contributed by atoms with Crippen LogP contribution in [0.5, 0.6) is 0 Å². The highest BCUT2D eigenvalue weighted by Gasteiger charge is 2.26. The Hall–Kier alpha value is -4.04. The van der Waals surface area contributed by atoms with Gasteiger partial charge in [-0.2, -0.15) is 0 Å². The molecule has 0 bridgehead atoms. The van der Waals surface area contributed by atoms with Crippen LogP contribution in [-0.2, 0) is 13.1 Å². The Morgan fingerprint density at radius 1 is 0.441 bits per heavy atom. The summed E-state index contributed by atoms with van der Waals surface area (Å²) >= 11 is 0. The Morgan fingerprint density at radius 2 is 0.794 bits per heavy atom. The first-order valence-corrected chi connectivity index (χ1v) is 12.2. The molecule has 2 heterocycles. The van der Waals surface area contributed by atoms with Gasteiger partial charge in [0.25, 0.3) is 0 Å². The van der Waals surface area contributed by atoms with E-state index in [1.807, 2.05) is 0 Å². The van der Waals surface area contributed by atoms with E-state index >= 15 is 0 Å². The molecule has 2 heteroatoms. The minimum atomic E-state index is 0.915. The third kappa shape index (κ3) is 3.03. The first-order chi connectivity index (χ1) is 16.8. The Labute approximate surface area is 200 Å². The zero-order chi connectivity index (χ0) is 23.1. The topological polar surface area (TPSA) is 9.86 Å². The molecule has 0 aliphatic rings. The summed E-state index contributed by atoms with van der Waals surface area (Å²) in [7, 11) is 0. The lowest BCUT2D eigenvalue weighted by atomic mass is 9.93. The SMILES string of the molecule is CCn1c(-c2ccccc2)c(-c2c(-c3ccccc3)n(CC)c3ccccc23)c2ccccc21. The highest BCUT2D eigenvalue weighted by atomic mass is 15.0. The molecule has 0 unspecified atom stereocenters. The summed E-state index contributed by atoms with van der Waals surface area (Å²) in [5.74, 6) is 0. The number of fused-ring (bicyclic) bond motifs is 2. The number of rotatable bonds is 5. The van der Waals surface area contributed by atoms with Crippen LogP contribution in [0.3, 0.4) is 0 Å². The highest BCUT2D eigenvalue weighted by molar-refractivity contribution is 6.15. The molecule has 0 atom stereocenters. The predicted octanol–water partition coefficient (Wildman–Crippen LogP) is 8.64. The summed E-state index contributed by atoms with van der Waals surface area (Å²) in [6.07, 6.45) is 0. The first-order valence-electron chi connectivity index (χ1n) is 12.2. The fraction of sp³-hybridized carbons (Fsp3) is 0.125. The van der Waals surface area contributed by atoms with Crippen LogP contribution in [-0.4, -0.2) is 9.13 Å². The zero-order valence-corrected chi connectivity index (χ0v) is 19.7. The molecule has 0 aliphatic carbocycles. The number of nitrogens with zero attached hydrogens (tertiary/aromatic N) is 2.